The summed E-state index contributed by atoms with van der Waals surface area (Å²) in [6.45, 7) is 5.29. The number of rotatable bonds is 6. The molecule has 1 aliphatic rings. The molecule has 1 fully saturated rings. The highest BCUT2D eigenvalue weighted by molar-refractivity contribution is 7.89. The SMILES string of the molecule is CNS(=O)(=O)c1csc(C(=O)NCCN2CCNCC2)c1.Cl. The van der Waals surface area contributed by atoms with Gasteiger partial charge in [-0.15, -0.1) is 23.7 Å². The number of carbonyl (C=O) groups is 1. The van der Waals surface area contributed by atoms with Crippen LogP contribution in [0.1, 0.15) is 9.67 Å². The van der Waals surface area contributed by atoms with Crippen molar-refractivity contribution >= 4 is 39.7 Å². The molecule has 0 bridgehead atoms. The molecular formula is C12H21ClN4O3S2. The first kappa shape index (κ1) is 19.3. The van der Waals surface area contributed by atoms with Crippen LogP contribution in [0.3, 0.4) is 0 Å². The molecular weight excluding hydrogens is 348 g/mol. The first-order chi connectivity index (χ1) is 10.0. The van der Waals surface area contributed by atoms with Crippen molar-refractivity contribution in [3.63, 3.8) is 0 Å². The van der Waals surface area contributed by atoms with E-state index in [2.05, 4.69) is 20.3 Å². The molecule has 126 valence electrons. The second-order valence-corrected chi connectivity index (χ2v) is 7.50. The molecule has 2 rings (SSSR count). The van der Waals surface area contributed by atoms with Gasteiger partial charge in [-0.05, 0) is 13.1 Å². The van der Waals surface area contributed by atoms with Gasteiger partial charge in [0.1, 0.15) is 0 Å². The van der Waals surface area contributed by atoms with Gasteiger partial charge in [0.25, 0.3) is 5.91 Å². The Bertz CT molecular complexity index is 585. The van der Waals surface area contributed by atoms with Crippen molar-refractivity contribution in [2.45, 2.75) is 4.90 Å². The van der Waals surface area contributed by atoms with Gasteiger partial charge in [-0.25, -0.2) is 13.1 Å². The first-order valence-corrected chi connectivity index (χ1v) is 9.12. The van der Waals surface area contributed by atoms with Crippen molar-refractivity contribution in [2.24, 2.45) is 0 Å². The summed E-state index contributed by atoms with van der Waals surface area (Å²) < 4.78 is 25.4. The van der Waals surface area contributed by atoms with E-state index in [1.165, 1.54) is 18.5 Å². The zero-order valence-electron chi connectivity index (χ0n) is 12.3. The summed E-state index contributed by atoms with van der Waals surface area (Å²) in [5.74, 6) is -0.229. The van der Waals surface area contributed by atoms with E-state index in [0.29, 0.717) is 11.4 Å². The molecule has 2 heterocycles. The first-order valence-electron chi connectivity index (χ1n) is 6.76. The quantitative estimate of drug-likeness (QED) is 0.642. The molecule has 0 radical (unpaired) electrons. The zero-order chi connectivity index (χ0) is 15.3. The van der Waals surface area contributed by atoms with Gasteiger partial charge in [0.2, 0.25) is 10.0 Å². The number of carbonyl (C=O) groups excluding carboxylic acids is 1. The minimum atomic E-state index is -3.48. The Morgan fingerprint density at radius 2 is 2.09 bits per heavy atom. The number of thiophene rings is 1. The summed E-state index contributed by atoms with van der Waals surface area (Å²) in [7, 11) is -2.14. The Labute approximate surface area is 140 Å². The molecule has 0 aromatic carbocycles. The van der Waals surface area contributed by atoms with Crippen LogP contribution in [0.4, 0.5) is 0 Å². The fourth-order valence-corrected chi connectivity index (χ4v) is 3.97. The smallest absolute Gasteiger partial charge is 0.261 e. The molecule has 3 N–H and O–H groups in total. The van der Waals surface area contributed by atoms with Crippen LogP contribution < -0.4 is 15.4 Å². The highest BCUT2D eigenvalue weighted by atomic mass is 35.5. The van der Waals surface area contributed by atoms with Crippen LogP contribution >= 0.6 is 23.7 Å². The lowest BCUT2D eigenvalue weighted by atomic mass is 10.3. The van der Waals surface area contributed by atoms with Crippen molar-refractivity contribution in [3.8, 4) is 0 Å². The van der Waals surface area contributed by atoms with Gasteiger partial charge in [0.15, 0.2) is 0 Å². The summed E-state index contributed by atoms with van der Waals surface area (Å²) in [5.41, 5.74) is 0. The molecule has 0 aliphatic carbocycles. The minimum Gasteiger partial charge on any atom is -0.350 e. The largest absolute Gasteiger partial charge is 0.350 e. The summed E-state index contributed by atoms with van der Waals surface area (Å²) in [4.78, 5) is 14.8. The molecule has 22 heavy (non-hydrogen) atoms. The van der Waals surface area contributed by atoms with Crippen molar-refractivity contribution in [2.75, 3.05) is 46.3 Å². The average Bonchev–Trinajstić information content (AvgIpc) is 2.99. The van der Waals surface area contributed by atoms with Crippen molar-refractivity contribution < 1.29 is 13.2 Å². The summed E-state index contributed by atoms with van der Waals surface area (Å²) in [6.07, 6.45) is 0. The van der Waals surface area contributed by atoms with E-state index in [1.54, 1.807) is 0 Å². The molecule has 0 unspecified atom stereocenters. The van der Waals surface area contributed by atoms with Crippen molar-refractivity contribution in [1.29, 1.82) is 0 Å². The van der Waals surface area contributed by atoms with E-state index < -0.39 is 10.0 Å². The molecule has 1 saturated heterocycles. The number of nitrogens with one attached hydrogen (secondary N) is 3. The molecule has 1 aromatic heterocycles. The summed E-state index contributed by atoms with van der Waals surface area (Å²) in [5, 5.41) is 7.56. The fraction of sp³-hybridized carbons (Fsp3) is 0.583. The third-order valence-electron chi connectivity index (χ3n) is 3.30. The van der Waals surface area contributed by atoms with Crippen LogP contribution in [-0.4, -0.2) is 65.5 Å². The lowest BCUT2D eigenvalue weighted by Gasteiger charge is -2.26. The van der Waals surface area contributed by atoms with E-state index in [1.807, 2.05) is 0 Å². The summed E-state index contributed by atoms with van der Waals surface area (Å²) in [6, 6.07) is 1.40. The Hall–Kier alpha value is -0.710. The second-order valence-electron chi connectivity index (χ2n) is 4.70. The molecule has 0 spiro atoms. The van der Waals surface area contributed by atoms with Gasteiger partial charge in [-0.2, -0.15) is 0 Å². The number of halogens is 1. The molecule has 1 aromatic rings. The normalized spacial score (nSPS) is 16.0. The molecule has 7 nitrogen and oxygen atoms in total. The van der Waals surface area contributed by atoms with Gasteiger partial charge in [0, 0.05) is 44.6 Å². The Morgan fingerprint density at radius 3 is 2.73 bits per heavy atom. The molecule has 1 aliphatic heterocycles. The lowest BCUT2D eigenvalue weighted by molar-refractivity contribution is 0.0951. The highest BCUT2D eigenvalue weighted by Gasteiger charge is 2.17. The maximum absolute atomic E-state index is 12.0. The standard InChI is InChI=1S/C12H20N4O3S2.ClH/c1-13-21(18,19)10-8-11(20-9-10)12(17)15-4-7-16-5-2-14-3-6-16;/h8-9,13-14H,2-7H2,1H3,(H,15,17);1H. The molecule has 0 saturated carbocycles. The van der Waals surface area contributed by atoms with Gasteiger partial charge in [-0.3, -0.25) is 9.69 Å². The lowest BCUT2D eigenvalue weighted by Crippen LogP contribution is -2.46. The molecule has 1 amide bonds. The van der Waals surface area contributed by atoms with E-state index in [0.717, 1.165) is 44.1 Å². The van der Waals surface area contributed by atoms with E-state index >= 15 is 0 Å². The fourth-order valence-electron chi connectivity index (χ4n) is 2.05. The maximum atomic E-state index is 12.0. The van der Waals surface area contributed by atoms with E-state index in [-0.39, 0.29) is 23.2 Å². The van der Waals surface area contributed by atoms with Gasteiger partial charge in [0.05, 0.1) is 9.77 Å². The maximum Gasteiger partial charge on any atom is 0.261 e. The number of nitrogens with zero attached hydrogens (tertiary/aromatic N) is 1. The minimum absolute atomic E-state index is 0. The number of sulfonamides is 1. The zero-order valence-corrected chi connectivity index (χ0v) is 14.7. The van der Waals surface area contributed by atoms with Crippen LogP contribution in [0.25, 0.3) is 0 Å². The second kappa shape index (κ2) is 8.80. The van der Waals surface area contributed by atoms with Crippen LogP contribution in [0, 0.1) is 0 Å². The van der Waals surface area contributed by atoms with Gasteiger partial charge >= 0.3 is 0 Å². The van der Waals surface area contributed by atoms with Gasteiger partial charge < -0.3 is 10.6 Å². The number of hydrogen-bond acceptors (Lipinski definition) is 6. The molecule has 10 heteroatoms. The Balaban J connectivity index is 0.00000242. The van der Waals surface area contributed by atoms with E-state index in [4.69, 9.17) is 0 Å². The predicted octanol–water partition coefficient (Wildman–Crippen LogP) is -0.287. The van der Waals surface area contributed by atoms with Gasteiger partial charge in [-0.1, -0.05) is 0 Å². The van der Waals surface area contributed by atoms with Crippen LogP contribution in [0.15, 0.2) is 16.3 Å². The third-order valence-corrected chi connectivity index (χ3v) is 5.77. The number of amides is 1. The monoisotopic (exact) mass is 368 g/mol. The van der Waals surface area contributed by atoms with Crippen molar-refractivity contribution in [1.82, 2.24) is 20.3 Å². The van der Waals surface area contributed by atoms with Crippen LogP contribution in [-0.2, 0) is 10.0 Å². The topological polar surface area (TPSA) is 90.5 Å². The van der Waals surface area contributed by atoms with E-state index in [9.17, 15) is 13.2 Å². The average molecular weight is 369 g/mol. The van der Waals surface area contributed by atoms with Crippen molar-refractivity contribution in [3.05, 3.63) is 16.3 Å². The third kappa shape index (κ3) is 5.18. The predicted molar refractivity (Wildman–Crippen MR) is 89.5 cm³/mol. The summed E-state index contributed by atoms with van der Waals surface area (Å²) >= 11 is 1.13. The number of hydrogen-bond donors (Lipinski definition) is 3. The van der Waals surface area contributed by atoms with Crippen LogP contribution in [0.2, 0.25) is 0 Å². The Morgan fingerprint density at radius 1 is 1.41 bits per heavy atom. The Kier molecular flexibility index (Phi) is 7.74. The van der Waals surface area contributed by atoms with Crippen LogP contribution in [0.5, 0.6) is 0 Å². The molecule has 0 atom stereocenters. The highest BCUT2D eigenvalue weighted by Crippen LogP contribution is 2.18. The number of piperazine rings is 1.